The number of aryl methyl sites for hydroxylation is 1. The van der Waals surface area contributed by atoms with Crippen LogP contribution in [0.2, 0.25) is 0 Å². The Kier molecular flexibility index (Phi) is 1.13. The summed E-state index contributed by atoms with van der Waals surface area (Å²) in [5.74, 6) is 1.80. The highest BCUT2D eigenvalue weighted by atomic mass is 16.3. The van der Waals surface area contributed by atoms with E-state index in [2.05, 4.69) is 13.2 Å². The van der Waals surface area contributed by atoms with Gasteiger partial charge < -0.3 is 4.42 Å². The van der Waals surface area contributed by atoms with E-state index in [-0.39, 0.29) is 0 Å². The molecule has 0 amide bonds. The molecule has 1 nitrogen and oxygen atoms in total. The summed E-state index contributed by atoms with van der Waals surface area (Å²) >= 11 is 0. The van der Waals surface area contributed by atoms with Crippen molar-refractivity contribution in [3.63, 3.8) is 0 Å². The molecule has 1 saturated carbocycles. The number of hydrogen-bond donors (Lipinski definition) is 0. The number of furan rings is 1. The predicted molar refractivity (Wildman–Crippen MR) is 39.0 cm³/mol. The zero-order chi connectivity index (χ0) is 7.14. The summed E-state index contributed by atoms with van der Waals surface area (Å²) in [7, 11) is 0. The van der Waals surface area contributed by atoms with E-state index in [0.717, 1.165) is 11.7 Å². The highest BCUT2D eigenvalue weighted by molar-refractivity contribution is 5.30. The van der Waals surface area contributed by atoms with Crippen molar-refractivity contribution in [3.8, 4) is 0 Å². The van der Waals surface area contributed by atoms with E-state index in [0.29, 0.717) is 0 Å². The second kappa shape index (κ2) is 1.88. The first-order chi connectivity index (χ1) is 4.79. The molecule has 1 fully saturated rings. The lowest BCUT2D eigenvalue weighted by Gasteiger charge is -1.90. The van der Waals surface area contributed by atoms with E-state index in [1.54, 1.807) is 0 Å². The van der Waals surface area contributed by atoms with Gasteiger partial charge in [0.1, 0.15) is 5.76 Å². The van der Waals surface area contributed by atoms with Gasteiger partial charge in [-0.1, -0.05) is 0 Å². The molecule has 0 aliphatic heterocycles. The Morgan fingerprint density at radius 2 is 2.10 bits per heavy atom. The van der Waals surface area contributed by atoms with E-state index in [1.165, 1.54) is 24.0 Å². The van der Waals surface area contributed by atoms with Crippen LogP contribution in [-0.4, -0.2) is 0 Å². The van der Waals surface area contributed by atoms with Crippen molar-refractivity contribution < 1.29 is 4.42 Å². The van der Waals surface area contributed by atoms with Gasteiger partial charge in [0, 0.05) is 5.56 Å². The third-order valence-corrected chi connectivity index (χ3v) is 2.23. The topological polar surface area (TPSA) is 13.1 Å². The minimum absolute atomic E-state index is 0.775. The fraction of sp³-hybridized carbons (Fsp3) is 0.556. The lowest BCUT2D eigenvalue weighted by atomic mass is 10.1. The van der Waals surface area contributed by atoms with Gasteiger partial charge in [0.2, 0.25) is 0 Å². The van der Waals surface area contributed by atoms with Crippen LogP contribution in [0.5, 0.6) is 0 Å². The third kappa shape index (κ3) is 0.772. The Labute approximate surface area is 61.0 Å². The Balaban J connectivity index is 2.40. The molecule has 1 aromatic heterocycles. The van der Waals surface area contributed by atoms with Crippen molar-refractivity contribution >= 4 is 0 Å². The Bertz CT molecular complexity index is 243. The highest BCUT2D eigenvalue weighted by Crippen LogP contribution is 2.42. The van der Waals surface area contributed by atoms with E-state index >= 15 is 0 Å². The van der Waals surface area contributed by atoms with Crippen molar-refractivity contribution in [3.05, 3.63) is 23.2 Å². The second-order valence-electron chi connectivity index (χ2n) is 3.07. The van der Waals surface area contributed by atoms with Crippen LogP contribution >= 0.6 is 0 Å². The largest absolute Gasteiger partial charge is 0.457 e. The maximum absolute atomic E-state index is 5.17. The highest BCUT2D eigenvalue weighted by Gasteiger charge is 2.27. The molecule has 1 heterocycles. The zero-order valence-corrected chi connectivity index (χ0v) is 6.40. The minimum Gasteiger partial charge on any atom is -0.457 e. The normalized spacial score (nSPS) is 17.8. The minimum atomic E-state index is 0.775. The van der Waals surface area contributed by atoms with Gasteiger partial charge in [-0.05, 0) is 38.2 Å². The van der Waals surface area contributed by atoms with Crippen LogP contribution in [0.1, 0.15) is 35.6 Å². The van der Waals surface area contributed by atoms with Crippen LogP contribution in [0.3, 0.4) is 0 Å². The van der Waals surface area contributed by atoms with E-state index in [4.69, 9.17) is 4.42 Å². The van der Waals surface area contributed by atoms with Crippen molar-refractivity contribution in [2.24, 2.45) is 0 Å². The first kappa shape index (κ1) is 6.02. The fourth-order valence-electron chi connectivity index (χ4n) is 1.24. The van der Waals surface area contributed by atoms with E-state index in [9.17, 15) is 0 Å². The number of hydrogen-bond acceptors (Lipinski definition) is 1. The molecule has 1 aliphatic rings. The molecule has 10 heavy (non-hydrogen) atoms. The maximum atomic E-state index is 5.17. The van der Waals surface area contributed by atoms with Crippen LogP contribution in [0.25, 0.3) is 0 Å². The monoisotopic (exact) mass is 135 g/mol. The Morgan fingerprint density at radius 3 is 2.50 bits per heavy atom. The molecule has 0 unspecified atom stereocenters. The van der Waals surface area contributed by atoms with Gasteiger partial charge >= 0.3 is 0 Å². The van der Waals surface area contributed by atoms with Gasteiger partial charge in [-0.15, -0.1) is 0 Å². The SMILES string of the molecule is Cc1o[c]c(C2CC2)c1C. The van der Waals surface area contributed by atoms with Crippen molar-refractivity contribution in [2.75, 3.05) is 0 Å². The first-order valence-corrected chi connectivity index (χ1v) is 3.76. The van der Waals surface area contributed by atoms with Gasteiger partial charge in [0.25, 0.3) is 0 Å². The Morgan fingerprint density at radius 1 is 1.40 bits per heavy atom. The summed E-state index contributed by atoms with van der Waals surface area (Å²) in [6, 6.07) is 0. The molecule has 1 radical (unpaired) electrons. The summed E-state index contributed by atoms with van der Waals surface area (Å²) in [6.07, 6.45) is 5.62. The molecular formula is C9H11O. The summed E-state index contributed by atoms with van der Waals surface area (Å²) in [5, 5.41) is 0. The summed E-state index contributed by atoms with van der Waals surface area (Å²) in [4.78, 5) is 0. The smallest absolute Gasteiger partial charge is 0.173 e. The fourth-order valence-corrected chi connectivity index (χ4v) is 1.24. The molecule has 0 N–H and O–H groups in total. The molecule has 2 rings (SSSR count). The van der Waals surface area contributed by atoms with E-state index < -0.39 is 0 Å². The lowest BCUT2D eigenvalue weighted by molar-refractivity contribution is 0.521. The van der Waals surface area contributed by atoms with Gasteiger partial charge in [-0.2, -0.15) is 0 Å². The lowest BCUT2D eigenvalue weighted by Crippen LogP contribution is -1.78. The van der Waals surface area contributed by atoms with Crippen molar-refractivity contribution in [1.82, 2.24) is 0 Å². The average molecular weight is 135 g/mol. The van der Waals surface area contributed by atoms with Crippen molar-refractivity contribution in [2.45, 2.75) is 32.6 Å². The second-order valence-corrected chi connectivity index (χ2v) is 3.07. The molecule has 0 aromatic carbocycles. The molecule has 1 heteroatoms. The van der Waals surface area contributed by atoms with Gasteiger partial charge in [0.05, 0.1) is 0 Å². The molecule has 1 aromatic rings. The predicted octanol–water partition coefficient (Wildman–Crippen LogP) is 2.57. The van der Waals surface area contributed by atoms with Gasteiger partial charge in [-0.3, -0.25) is 0 Å². The molecule has 0 saturated heterocycles. The number of rotatable bonds is 1. The molecule has 53 valence electrons. The molecule has 0 atom stereocenters. The Hall–Kier alpha value is -0.720. The van der Waals surface area contributed by atoms with E-state index in [1.807, 2.05) is 6.92 Å². The quantitative estimate of drug-likeness (QED) is 0.576. The maximum Gasteiger partial charge on any atom is 0.173 e. The first-order valence-electron chi connectivity index (χ1n) is 3.76. The third-order valence-electron chi connectivity index (χ3n) is 2.23. The molecule has 0 bridgehead atoms. The summed E-state index contributed by atoms with van der Waals surface area (Å²) in [5.41, 5.74) is 2.62. The van der Waals surface area contributed by atoms with Gasteiger partial charge in [0.15, 0.2) is 6.26 Å². The standard InChI is InChI=1S/C9H11O/c1-6-7(2)10-5-9(6)8-3-4-8/h8H,3-4H2,1-2H3. The van der Waals surface area contributed by atoms with Gasteiger partial charge in [-0.25, -0.2) is 0 Å². The van der Waals surface area contributed by atoms with Crippen LogP contribution in [0.15, 0.2) is 4.42 Å². The molecule has 0 spiro atoms. The van der Waals surface area contributed by atoms with Crippen LogP contribution in [-0.2, 0) is 0 Å². The average Bonchev–Trinajstić information content (AvgIpc) is 2.67. The van der Waals surface area contributed by atoms with Crippen LogP contribution in [0, 0.1) is 20.1 Å². The van der Waals surface area contributed by atoms with Crippen LogP contribution < -0.4 is 0 Å². The molecular weight excluding hydrogens is 124 g/mol. The molecule has 1 aliphatic carbocycles. The summed E-state index contributed by atoms with van der Waals surface area (Å²) in [6.45, 7) is 4.11. The van der Waals surface area contributed by atoms with Crippen molar-refractivity contribution in [1.29, 1.82) is 0 Å². The summed E-state index contributed by atoms with van der Waals surface area (Å²) < 4.78 is 5.17. The zero-order valence-electron chi connectivity index (χ0n) is 6.40. The van der Waals surface area contributed by atoms with Crippen LogP contribution in [0.4, 0.5) is 0 Å².